The van der Waals surface area contributed by atoms with Crippen molar-refractivity contribution in [3.05, 3.63) is 30.4 Å². The first-order chi connectivity index (χ1) is 11.5. The van der Waals surface area contributed by atoms with Gasteiger partial charge >= 0.3 is 6.03 Å². The lowest BCUT2D eigenvalue weighted by Crippen LogP contribution is -2.40. The Hall–Kier alpha value is -2.48. The molecular formula is C16H24N6O2. The van der Waals surface area contributed by atoms with Crippen molar-refractivity contribution in [1.29, 1.82) is 0 Å². The Labute approximate surface area is 141 Å². The summed E-state index contributed by atoms with van der Waals surface area (Å²) in [5.74, 6) is 1.25. The Kier molecular flexibility index (Phi) is 6.25. The summed E-state index contributed by atoms with van der Waals surface area (Å²) in [6.07, 6.45) is 3.33. The standard InChI is InChI=1S/C16H24N6O2/c1-12(10-21(2)3)9-18-16(23)22(4)11-14-19-15(20-24-14)13-5-7-17-8-6-13/h5-8,12H,9-11H2,1-4H3,(H,18,23)/t12-/m1/s1. The molecule has 0 aliphatic heterocycles. The highest BCUT2D eigenvalue weighted by atomic mass is 16.5. The van der Waals surface area contributed by atoms with Crippen LogP contribution in [0.4, 0.5) is 4.79 Å². The topological polar surface area (TPSA) is 87.4 Å². The van der Waals surface area contributed by atoms with Crippen molar-refractivity contribution < 1.29 is 9.32 Å². The van der Waals surface area contributed by atoms with E-state index < -0.39 is 0 Å². The Morgan fingerprint density at radius 3 is 2.67 bits per heavy atom. The maximum atomic E-state index is 12.1. The van der Waals surface area contributed by atoms with Crippen LogP contribution in [0.3, 0.4) is 0 Å². The number of hydrogen-bond donors (Lipinski definition) is 1. The molecular weight excluding hydrogens is 308 g/mol. The molecule has 1 atom stereocenters. The molecule has 8 heteroatoms. The van der Waals surface area contributed by atoms with Crippen molar-refractivity contribution in [2.24, 2.45) is 5.92 Å². The summed E-state index contributed by atoms with van der Waals surface area (Å²) >= 11 is 0. The molecule has 8 nitrogen and oxygen atoms in total. The van der Waals surface area contributed by atoms with Crippen LogP contribution >= 0.6 is 0 Å². The van der Waals surface area contributed by atoms with E-state index in [0.717, 1.165) is 12.1 Å². The van der Waals surface area contributed by atoms with E-state index in [1.165, 1.54) is 4.90 Å². The minimum atomic E-state index is -0.163. The van der Waals surface area contributed by atoms with Crippen LogP contribution in [-0.2, 0) is 6.54 Å². The highest BCUT2D eigenvalue weighted by Crippen LogP contribution is 2.14. The van der Waals surface area contributed by atoms with Gasteiger partial charge in [-0.3, -0.25) is 4.98 Å². The van der Waals surface area contributed by atoms with Gasteiger partial charge < -0.3 is 19.6 Å². The number of hydrogen-bond acceptors (Lipinski definition) is 6. The molecule has 0 fully saturated rings. The predicted octanol–water partition coefficient (Wildman–Crippen LogP) is 1.47. The molecule has 2 aromatic rings. The molecule has 0 saturated heterocycles. The first-order valence-electron chi connectivity index (χ1n) is 7.82. The highest BCUT2D eigenvalue weighted by molar-refractivity contribution is 5.73. The van der Waals surface area contributed by atoms with Crippen molar-refractivity contribution in [3.63, 3.8) is 0 Å². The Morgan fingerprint density at radius 1 is 1.29 bits per heavy atom. The second-order valence-electron chi connectivity index (χ2n) is 6.16. The number of nitrogens with zero attached hydrogens (tertiary/aromatic N) is 5. The van der Waals surface area contributed by atoms with Gasteiger partial charge in [0.25, 0.3) is 0 Å². The zero-order valence-electron chi connectivity index (χ0n) is 14.6. The Bertz CT molecular complexity index is 643. The van der Waals surface area contributed by atoms with Crippen molar-refractivity contribution in [1.82, 2.24) is 30.2 Å². The van der Waals surface area contributed by atoms with Gasteiger partial charge in [0.15, 0.2) is 0 Å². The zero-order valence-corrected chi connectivity index (χ0v) is 14.6. The van der Waals surface area contributed by atoms with E-state index in [1.807, 2.05) is 14.1 Å². The molecule has 2 amide bonds. The SMILES string of the molecule is C[C@H](CNC(=O)N(C)Cc1nc(-c2ccncc2)no1)CN(C)C. The van der Waals surface area contributed by atoms with Gasteiger partial charge in [-0.1, -0.05) is 12.1 Å². The van der Waals surface area contributed by atoms with Gasteiger partial charge in [0.2, 0.25) is 11.7 Å². The predicted molar refractivity (Wildman–Crippen MR) is 90.1 cm³/mol. The van der Waals surface area contributed by atoms with Gasteiger partial charge in [0.1, 0.15) is 6.54 Å². The molecule has 0 saturated carbocycles. The number of rotatable bonds is 7. The summed E-state index contributed by atoms with van der Waals surface area (Å²) in [5.41, 5.74) is 0.824. The maximum Gasteiger partial charge on any atom is 0.317 e. The van der Waals surface area contributed by atoms with Crippen LogP contribution in [-0.4, -0.2) is 65.2 Å². The molecule has 24 heavy (non-hydrogen) atoms. The molecule has 2 aromatic heterocycles. The Balaban J connectivity index is 1.85. The minimum absolute atomic E-state index is 0.163. The van der Waals surface area contributed by atoms with Gasteiger partial charge in [0, 0.05) is 38.1 Å². The third-order valence-corrected chi connectivity index (χ3v) is 3.40. The molecule has 130 valence electrons. The van der Waals surface area contributed by atoms with Crippen LogP contribution in [0.1, 0.15) is 12.8 Å². The van der Waals surface area contributed by atoms with Crippen LogP contribution in [0.25, 0.3) is 11.4 Å². The minimum Gasteiger partial charge on any atom is -0.338 e. The van der Waals surface area contributed by atoms with Crippen LogP contribution < -0.4 is 5.32 Å². The van der Waals surface area contributed by atoms with E-state index in [1.54, 1.807) is 31.6 Å². The van der Waals surface area contributed by atoms with Crippen molar-refractivity contribution in [2.45, 2.75) is 13.5 Å². The number of amides is 2. The van der Waals surface area contributed by atoms with Crippen molar-refractivity contribution in [3.8, 4) is 11.4 Å². The van der Waals surface area contributed by atoms with Gasteiger partial charge in [-0.15, -0.1) is 0 Å². The summed E-state index contributed by atoms with van der Waals surface area (Å²) in [4.78, 5) is 24.0. The summed E-state index contributed by atoms with van der Waals surface area (Å²) < 4.78 is 5.21. The number of nitrogens with one attached hydrogen (secondary N) is 1. The number of carbonyl (C=O) groups excluding carboxylic acids is 1. The fraction of sp³-hybridized carbons (Fsp3) is 0.500. The normalized spacial score (nSPS) is 12.2. The largest absolute Gasteiger partial charge is 0.338 e. The van der Waals surface area contributed by atoms with Crippen LogP contribution in [0.5, 0.6) is 0 Å². The van der Waals surface area contributed by atoms with Gasteiger partial charge in [0.05, 0.1) is 0 Å². The molecule has 0 radical (unpaired) electrons. The summed E-state index contributed by atoms with van der Waals surface area (Å²) in [5, 5.41) is 6.84. The number of urea groups is 1. The summed E-state index contributed by atoms with van der Waals surface area (Å²) in [7, 11) is 5.73. The van der Waals surface area contributed by atoms with E-state index in [-0.39, 0.29) is 12.6 Å². The molecule has 0 aliphatic rings. The first-order valence-corrected chi connectivity index (χ1v) is 7.82. The molecule has 1 N–H and O–H groups in total. The van der Waals surface area contributed by atoms with Crippen molar-refractivity contribution >= 4 is 6.03 Å². The molecule has 0 spiro atoms. The van der Waals surface area contributed by atoms with Crippen LogP contribution in [0.2, 0.25) is 0 Å². The molecule has 2 heterocycles. The average Bonchev–Trinajstić information content (AvgIpc) is 3.01. The average molecular weight is 332 g/mol. The maximum absolute atomic E-state index is 12.1. The highest BCUT2D eigenvalue weighted by Gasteiger charge is 2.15. The number of aromatic nitrogens is 3. The molecule has 0 aliphatic carbocycles. The van der Waals surface area contributed by atoms with Gasteiger partial charge in [-0.25, -0.2) is 4.79 Å². The lowest BCUT2D eigenvalue weighted by Gasteiger charge is -2.20. The zero-order chi connectivity index (χ0) is 17.5. The smallest absolute Gasteiger partial charge is 0.317 e. The van der Waals surface area contributed by atoms with E-state index in [4.69, 9.17) is 4.52 Å². The monoisotopic (exact) mass is 332 g/mol. The van der Waals surface area contributed by atoms with Crippen LogP contribution in [0, 0.1) is 5.92 Å². The van der Waals surface area contributed by atoms with E-state index in [0.29, 0.717) is 24.2 Å². The second-order valence-corrected chi connectivity index (χ2v) is 6.16. The molecule has 2 rings (SSSR count). The second kappa shape index (κ2) is 8.39. The quantitative estimate of drug-likeness (QED) is 0.826. The van der Waals surface area contributed by atoms with E-state index in [2.05, 4.69) is 32.3 Å². The summed E-state index contributed by atoms with van der Waals surface area (Å²) in [6, 6.07) is 3.44. The molecule has 0 unspecified atom stereocenters. The first kappa shape index (κ1) is 17.9. The third-order valence-electron chi connectivity index (χ3n) is 3.40. The lowest BCUT2D eigenvalue weighted by molar-refractivity contribution is 0.196. The fourth-order valence-corrected chi connectivity index (χ4v) is 2.30. The van der Waals surface area contributed by atoms with Gasteiger partial charge in [-0.05, 0) is 32.1 Å². The number of pyridine rings is 1. The molecule has 0 aromatic carbocycles. The fourth-order valence-electron chi connectivity index (χ4n) is 2.30. The third kappa shape index (κ3) is 5.31. The lowest BCUT2D eigenvalue weighted by atomic mass is 10.2. The Morgan fingerprint density at radius 2 is 2.00 bits per heavy atom. The van der Waals surface area contributed by atoms with Gasteiger partial charge in [-0.2, -0.15) is 4.98 Å². The molecule has 0 bridgehead atoms. The van der Waals surface area contributed by atoms with E-state index >= 15 is 0 Å². The number of carbonyl (C=O) groups is 1. The summed E-state index contributed by atoms with van der Waals surface area (Å²) in [6.45, 7) is 3.89. The van der Waals surface area contributed by atoms with Crippen LogP contribution in [0.15, 0.2) is 29.0 Å². The van der Waals surface area contributed by atoms with Crippen molar-refractivity contribution in [2.75, 3.05) is 34.2 Å². The van der Waals surface area contributed by atoms with E-state index in [9.17, 15) is 4.79 Å².